The fraction of sp³-hybridized carbons (Fsp3) is 0.533. The number of nitrogen functional groups attached to an aromatic ring is 1. The molecule has 0 aliphatic carbocycles. The van der Waals surface area contributed by atoms with Crippen molar-refractivity contribution in [1.29, 1.82) is 0 Å². The lowest BCUT2D eigenvalue weighted by atomic mass is 10.2. The highest BCUT2D eigenvalue weighted by Crippen LogP contribution is 2.22. The number of nitrogens with zero attached hydrogens (tertiary/aromatic N) is 2. The predicted molar refractivity (Wildman–Crippen MR) is 87.7 cm³/mol. The summed E-state index contributed by atoms with van der Waals surface area (Å²) in [5, 5.41) is 3.39. The van der Waals surface area contributed by atoms with Gasteiger partial charge in [-0.05, 0) is 24.7 Å². The summed E-state index contributed by atoms with van der Waals surface area (Å²) in [7, 11) is 0. The van der Waals surface area contributed by atoms with E-state index in [-0.39, 0.29) is 5.91 Å². The Labute approximate surface area is 131 Å². The molecule has 0 radical (unpaired) electrons. The fourth-order valence-electron chi connectivity index (χ4n) is 2.44. The molecular weight excluding hydrogens is 288 g/mol. The lowest BCUT2D eigenvalue weighted by Gasteiger charge is -2.33. The fourth-order valence-corrected chi connectivity index (χ4v) is 2.61. The van der Waals surface area contributed by atoms with Gasteiger partial charge in [-0.2, -0.15) is 0 Å². The number of amides is 1. The molecule has 1 aromatic carbocycles. The number of halogens is 1. The summed E-state index contributed by atoms with van der Waals surface area (Å²) in [6.45, 7) is 8.28. The minimum absolute atomic E-state index is 0.0260. The maximum Gasteiger partial charge on any atom is 0.225 e. The molecule has 1 amide bonds. The maximum absolute atomic E-state index is 12.0. The van der Waals surface area contributed by atoms with Crippen LogP contribution >= 0.6 is 11.6 Å². The number of benzene rings is 1. The van der Waals surface area contributed by atoms with Crippen LogP contribution in [0.1, 0.15) is 13.3 Å². The zero-order valence-corrected chi connectivity index (χ0v) is 13.2. The second-order valence-corrected chi connectivity index (χ2v) is 5.74. The molecule has 21 heavy (non-hydrogen) atoms. The summed E-state index contributed by atoms with van der Waals surface area (Å²) in [5.74, 6) is -0.0260. The molecule has 5 nitrogen and oxygen atoms in total. The molecule has 0 aromatic heterocycles. The van der Waals surface area contributed by atoms with Gasteiger partial charge in [-0.1, -0.05) is 18.5 Å². The Balaban J connectivity index is 1.76. The van der Waals surface area contributed by atoms with Crippen LogP contribution in [0, 0.1) is 0 Å². The van der Waals surface area contributed by atoms with Crippen LogP contribution in [0.15, 0.2) is 18.2 Å². The zero-order valence-electron chi connectivity index (χ0n) is 12.4. The van der Waals surface area contributed by atoms with Gasteiger partial charge in [0.15, 0.2) is 0 Å². The molecule has 1 fully saturated rings. The molecule has 0 unspecified atom stereocenters. The number of rotatable bonds is 5. The van der Waals surface area contributed by atoms with Crippen molar-refractivity contribution >= 4 is 28.9 Å². The number of carbonyl (C=O) groups excluding carboxylic acids is 1. The van der Waals surface area contributed by atoms with Crippen LogP contribution in [0.2, 0.25) is 5.02 Å². The van der Waals surface area contributed by atoms with Gasteiger partial charge in [-0.15, -0.1) is 0 Å². The third kappa shape index (κ3) is 4.88. The minimum atomic E-state index is -0.0260. The van der Waals surface area contributed by atoms with Crippen LogP contribution in [0.4, 0.5) is 11.4 Å². The van der Waals surface area contributed by atoms with E-state index in [0.717, 1.165) is 39.3 Å². The summed E-state index contributed by atoms with van der Waals surface area (Å²) >= 11 is 5.91. The van der Waals surface area contributed by atoms with Crippen LogP contribution in [-0.2, 0) is 4.79 Å². The molecule has 6 heteroatoms. The van der Waals surface area contributed by atoms with E-state index >= 15 is 0 Å². The molecule has 3 N–H and O–H groups in total. The monoisotopic (exact) mass is 310 g/mol. The normalized spacial score (nSPS) is 16.9. The van der Waals surface area contributed by atoms with Gasteiger partial charge in [-0.25, -0.2) is 0 Å². The summed E-state index contributed by atoms with van der Waals surface area (Å²) in [6, 6.07) is 5.08. The van der Waals surface area contributed by atoms with Crippen LogP contribution in [-0.4, -0.2) is 55.0 Å². The van der Waals surface area contributed by atoms with E-state index in [1.54, 1.807) is 18.2 Å². The average Bonchev–Trinajstić information content (AvgIpc) is 2.49. The summed E-state index contributed by atoms with van der Waals surface area (Å²) in [5.41, 5.74) is 6.94. The highest BCUT2D eigenvalue weighted by molar-refractivity contribution is 6.31. The van der Waals surface area contributed by atoms with Crippen molar-refractivity contribution in [2.24, 2.45) is 0 Å². The molecule has 0 saturated carbocycles. The van der Waals surface area contributed by atoms with Gasteiger partial charge in [0.25, 0.3) is 0 Å². The highest BCUT2D eigenvalue weighted by atomic mass is 35.5. The molecule has 116 valence electrons. The van der Waals surface area contributed by atoms with Gasteiger partial charge in [0.05, 0.1) is 11.4 Å². The van der Waals surface area contributed by atoms with E-state index < -0.39 is 0 Å². The number of hydrogen-bond donors (Lipinski definition) is 2. The number of nitrogens with one attached hydrogen (secondary N) is 1. The molecule has 1 heterocycles. The molecule has 0 atom stereocenters. The Bertz CT molecular complexity index is 487. The van der Waals surface area contributed by atoms with Crippen molar-refractivity contribution in [3.63, 3.8) is 0 Å². The van der Waals surface area contributed by atoms with Gasteiger partial charge in [0.2, 0.25) is 5.91 Å². The summed E-state index contributed by atoms with van der Waals surface area (Å²) < 4.78 is 0. The van der Waals surface area contributed by atoms with Gasteiger partial charge < -0.3 is 20.9 Å². The largest absolute Gasteiger partial charge is 0.397 e. The second kappa shape index (κ2) is 7.64. The van der Waals surface area contributed by atoms with Crippen LogP contribution in [0.3, 0.4) is 0 Å². The minimum Gasteiger partial charge on any atom is -0.397 e. The summed E-state index contributed by atoms with van der Waals surface area (Å²) in [4.78, 5) is 16.7. The Morgan fingerprint density at radius 2 is 1.95 bits per heavy atom. The number of anilines is 2. The third-order valence-electron chi connectivity index (χ3n) is 3.86. The molecule has 1 aliphatic heterocycles. The third-order valence-corrected chi connectivity index (χ3v) is 4.09. The first-order valence-corrected chi connectivity index (χ1v) is 7.76. The first kappa shape index (κ1) is 16.1. The lowest BCUT2D eigenvalue weighted by molar-refractivity contribution is -0.116. The smallest absolute Gasteiger partial charge is 0.225 e. The topological polar surface area (TPSA) is 61.6 Å². The Kier molecular flexibility index (Phi) is 5.85. The molecule has 0 spiro atoms. The van der Waals surface area contributed by atoms with Crippen molar-refractivity contribution in [2.75, 3.05) is 50.3 Å². The Morgan fingerprint density at radius 1 is 1.29 bits per heavy atom. The van der Waals surface area contributed by atoms with Crippen molar-refractivity contribution < 1.29 is 4.79 Å². The highest BCUT2D eigenvalue weighted by Gasteiger charge is 2.16. The van der Waals surface area contributed by atoms with Crippen molar-refractivity contribution in [3.8, 4) is 0 Å². The van der Waals surface area contributed by atoms with Gasteiger partial charge >= 0.3 is 0 Å². The maximum atomic E-state index is 12.0. The second-order valence-electron chi connectivity index (χ2n) is 5.31. The lowest BCUT2D eigenvalue weighted by Crippen LogP contribution is -2.46. The van der Waals surface area contributed by atoms with E-state index in [4.69, 9.17) is 17.3 Å². The molecule has 0 bridgehead atoms. The van der Waals surface area contributed by atoms with E-state index in [1.807, 2.05) is 0 Å². The molecular formula is C15H23ClN4O. The predicted octanol–water partition coefficient (Wildman–Crippen LogP) is 1.89. The number of nitrogens with two attached hydrogens (primary N) is 1. The molecule has 1 aliphatic rings. The first-order chi connectivity index (χ1) is 10.1. The van der Waals surface area contributed by atoms with Crippen molar-refractivity contribution in [2.45, 2.75) is 13.3 Å². The van der Waals surface area contributed by atoms with Crippen molar-refractivity contribution in [1.82, 2.24) is 9.80 Å². The quantitative estimate of drug-likeness (QED) is 0.815. The van der Waals surface area contributed by atoms with Crippen LogP contribution in [0.25, 0.3) is 0 Å². The Morgan fingerprint density at radius 3 is 2.62 bits per heavy atom. The number of carbonyl (C=O) groups is 1. The standard InChI is InChI=1S/C15H23ClN4O/c1-2-19-7-9-20(10-8-19)6-5-15(21)18-14-11-12(16)3-4-13(14)17/h3-4,11H,2,5-10,17H2,1H3,(H,18,21). The number of piperazine rings is 1. The van der Waals surface area contributed by atoms with Crippen LogP contribution < -0.4 is 11.1 Å². The average molecular weight is 311 g/mol. The summed E-state index contributed by atoms with van der Waals surface area (Å²) in [6.07, 6.45) is 0.470. The first-order valence-electron chi connectivity index (χ1n) is 7.38. The van der Waals surface area contributed by atoms with Gasteiger partial charge in [0.1, 0.15) is 0 Å². The van der Waals surface area contributed by atoms with E-state index in [1.165, 1.54) is 0 Å². The van der Waals surface area contributed by atoms with E-state index in [2.05, 4.69) is 22.0 Å². The molecule has 2 rings (SSSR count). The van der Waals surface area contributed by atoms with Gasteiger partial charge in [0, 0.05) is 44.2 Å². The van der Waals surface area contributed by atoms with Gasteiger partial charge in [-0.3, -0.25) is 4.79 Å². The number of likely N-dealkylation sites (N-methyl/N-ethyl adjacent to an activating group) is 1. The molecule has 1 aromatic rings. The number of hydrogen-bond acceptors (Lipinski definition) is 4. The van der Waals surface area contributed by atoms with Crippen LogP contribution in [0.5, 0.6) is 0 Å². The van der Waals surface area contributed by atoms with E-state index in [0.29, 0.717) is 22.8 Å². The molecule has 1 saturated heterocycles. The van der Waals surface area contributed by atoms with Crippen molar-refractivity contribution in [3.05, 3.63) is 23.2 Å². The SMILES string of the molecule is CCN1CCN(CCC(=O)Nc2cc(Cl)ccc2N)CC1. The Hall–Kier alpha value is -1.30. The van der Waals surface area contributed by atoms with E-state index in [9.17, 15) is 4.79 Å². The zero-order chi connectivity index (χ0) is 15.2.